The van der Waals surface area contributed by atoms with E-state index in [2.05, 4.69) is 170 Å². The summed E-state index contributed by atoms with van der Waals surface area (Å²) < 4.78 is 0. The van der Waals surface area contributed by atoms with Crippen LogP contribution in [0.3, 0.4) is 0 Å². The molecule has 0 aliphatic carbocycles. The molecule has 0 fully saturated rings. The molecule has 6 rings (SSSR count). The van der Waals surface area contributed by atoms with Crippen LogP contribution in [0.1, 0.15) is 11.1 Å². The average molecular weight is 551 g/mol. The van der Waals surface area contributed by atoms with Crippen molar-refractivity contribution in [3.63, 3.8) is 0 Å². The third-order valence-corrected chi connectivity index (χ3v) is 12.2. The van der Waals surface area contributed by atoms with E-state index in [0.29, 0.717) is 0 Å². The maximum Gasteiger partial charge on any atom is 0.00165 e. The van der Waals surface area contributed by atoms with E-state index < -0.39 is 15.8 Å². The topological polar surface area (TPSA) is 0 Å². The third kappa shape index (κ3) is 6.16. The van der Waals surface area contributed by atoms with Gasteiger partial charge in [-0.15, -0.1) is 0 Å². The van der Waals surface area contributed by atoms with Crippen LogP contribution < -0.4 is 21.2 Å². The van der Waals surface area contributed by atoms with Crippen LogP contribution >= 0.6 is 15.8 Å². The summed E-state index contributed by atoms with van der Waals surface area (Å²) >= 11 is 0. The molecule has 2 heteroatoms. The highest BCUT2D eigenvalue weighted by Gasteiger charge is 2.22. The summed E-state index contributed by atoms with van der Waals surface area (Å²) in [7, 11) is -1.13. The minimum atomic E-state index is -0.576. The van der Waals surface area contributed by atoms with Gasteiger partial charge in [0, 0.05) is 12.3 Å². The van der Waals surface area contributed by atoms with Crippen molar-refractivity contribution in [1.82, 2.24) is 0 Å². The van der Waals surface area contributed by atoms with E-state index in [0.717, 1.165) is 12.3 Å². The Labute approximate surface area is 240 Å². The molecule has 0 aliphatic heterocycles. The molecule has 40 heavy (non-hydrogen) atoms. The van der Waals surface area contributed by atoms with Crippen molar-refractivity contribution < 1.29 is 0 Å². The summed E-state index contributed by atoms with van der Waals surface area (Å²) in [6.07, 6.45) is 2.03. The zero-order valence-electron chi connectivity index (χ0n) is 22.5. The van der Waals surface area contributed by atoms with Gasteiger partial charge in [0.05, 0.1) is 0 Å². The van der Waals surface area contributed by atoms with Crippen LogP contribution in [0.5, 0.6) is 0 Å². The smallest absolute Gasteiger partial charge is 0.00165 e. The predicted octanol–water partition coefficient (Wildman–Crippen LogP) is 8.62. The maximum absolute atomic E-state index is 2.38. The molecular formula is C38H32P2. The third-order valence-electron chi connectivity index (χ3n) is 7.27. The van der Waals surface area contributed by atoms with Gasteiger partial charge >= 0.3 is 0 Å². The molecule has 0 atom stereocenters. The van der Waals surface area contributed by atoms with Crippen LogP contribution in [-0.4, -0.2) is 0 Å². The van der Waals surface area contributed by atoms with Gasteiger partial charge < -0.3 is 0 Å². The Kier molecular flexibility index (Phi) is 8.60. The molecule has 0 heterocycles. The number of hydrogen-bond donors (Lipinski definition) is 0. The molecule has 0 unspecified atom stereocenters. The van der Waals surface area contributed by atoms with E-state index in [1.54, 1.807) is 0 Å². The Hall–Kier alpha value is -3.82. The van der Waals surface area contributed by atoms with Gasteiger partial charge in [0.15, 0.2) is 0 Å². The zero-order chi connectivity index (χ0) is 27.0. The predicted molar refractivity (Wildman–Crippen MR) is 177 cm³/mol. The number of rotatable bonds is 9. The molecule has 6 aromatic rings. The molecule has 0 spiro atoms. The summed E-state index contributed by atoms with van der Waals surface area (Å²) in [6.45, 7) is 0. The largest absolute Gasteiger partial charge is 0.0622 e. The second-order valence-corrected chi connectivity index (χ2v) is 14.2. The Balaban J connectivity index is 1.50. The van der Waals surface area contributed by atoms with Gasteiger partial charge in [0.1, 0.15) is 0 Å². The van der Waals surface area contributed by atoms with E-state index in [4.69, 9.17) is 0 Å². The van der Waals surface area contributed by atoms with Crippen LogP contribution in [0.2, 0.25) is 0 Å². The average Bonchev–Trinajstić information content (AvgIpc) is 3.05. The number of hydrogen-bond acceptors (Lipinski definition) is 0. The maximum atomic E-state index is 2.38. The Morgan fingerprint density at radius 3 is 1.12 bits per heavy atom. The monoisotopic (exact) mass is 550 g/mol. The van der Waals surface area contributed by atoms with Crippen molar-refractivity contribution in [2.24, 2.45) is 0 Å². The lowest BCUT2D eigenvalue weighted by atomic mass is 9.97. The highest BCUT2D eigenvalue weighted by Crippen LogP contribution is 2.45. The highest BCUT2D eigenvalue weighted by atomic mass is 31.1. The minimum absolute atomic E-state index is 0.551. The Bertz CT molecular complexity index is 1540. The normalized spacial score (nSPS) is 11.2. The fourth-order valence-corrected chi connectivity index (χ4v) is 10.1. The Morgan fingerprint density at radius 1 is 0.325 bits per heavy atom. The van der Waals surface area contributed by atoms with Crippen LogP contribution in [0.15, 0.2) is 170 Å². The summed E-state index contributed by atoms with van der Waals surface area (Å²) in [5.41, 5.74) is 5.58. The van der Waals surface area contributed by atoms with Crippen LogP contribution in [0.4, 0.5) is 0 Å². The molecule has 0 radical (unpaired) electrons. The molecule has 0 saturated heterocycles. The molecule has 194 valence electrons. The van der Waals surface area contributed by atoms with Gasteiger partial charge in [0.25, 0.3) is 0 Å². The van der Waals surface area contributed by atoms with E-state index in [1.165, 1.54) is 43.5 Å². The molecule has 0 nitrogen and oxygen atoms in total. The quantitative estimate of drug-likeness (QED) is 0.158. The van der Waals surface area contributed by atoms with E-state index in [-0.39, 0.29) is 0 Å². The molecule has 6 aromatic carbocycles. The lowest BCUT2D eigenvalue weighted by Gasteiger charge is -2.25. The lowest BCUT2D eigenvalue weighted by Crippen LogP contribution is -2.16. The molecular weight excluding hydrogens is 518 g/mol. The zero-order valence-corrected chi connectivity index (χ0v) is 24.3. The molecule has 0 bridgehead atoms. The molecule has 0 saturated carbocycles. The van der Waals surface area contributed by atoms with Crippen LogP contribution in [0.25, 0.3) is 11.1 Å². The molecule has 0 aromatic heterocycles. The first-order valence-electron chi connectivity index (χ1n) is 13.8. The molecule has 0 aliphatic rings. The lowest BCUT2D eigenvalue weighted by molar-refractivity contribution is 1.27. The van der Waals surface area contributed by atoms with Crippen molar-refractivity contribution >= 4 is 37.1 Å². The van der Waals surface area contributed by atoms with Crippen molar-refractivity contribution in [2.45, 2.75) is 12.3 Å². The highest BCUT2D eigenvalue weighted by molar-refractivity contribution is 7.72. The van der Waals surface area contributed by atoms with Gasteiger partial charge in [-0.2, -0.15) is 0 Å². The minimum Gasteiger partial charge on any atom is -0.0622 e. The van der Waals surface area contributed by atoms with Crippen molar-refractivity contribution in [3.05, 3.63) is 181 Å². The first-order chi connectivity index (χ1) is 19.9. The molecule has 0 amide bonds. The SMILES string of the molecule is c1ccc(-c2cccc(CP(c3ccccc3)c3ccccc3)c2CP(c2ccccc2)c2ccccc2)cc1. The van der Waals surface area contributed by atoms with E-state index >= 15 is 0 Å². The van der Waals surface area contributed by atoms with Gasteiger partial charge in [0.2, 0.25) is 0 Å². The summed E-state index contributed by atoms with van der Waals surface area (Å²) in [5.74, 6) is 0. The first-order valence-corrected chi connectivity index (χ1v) is 16.8. The van der Waals surface area contributed by atoms with Gasteiger partial charge in [-0.1, -0.05) is 170 Å². The van der Waals surface area contributed by atoms with Crippen molar-refractivity contribution in [1.29, 1.82) is 0 Å². The van der Waals surface area contributed by atoms with E-state index in [1.807, 2.05) is 0 Å². The fraction of sp³-hybridized carbons (Fsp3) is 0.0526. The second-order valence-electron chi connectivity index (χ2n) is 9.82. The van der Waals surface area contributed by atoms with Gasteiger partial charge in [-0.3, -0.25) is 0 Å². The summed E-state index contributed by atoms with van der Waals surface area (Å²) in [6, 6.07) is 62.3. The second kappa shape index (κ2) is 13.0. The Morgan fingerprint density at radius 2 is 0.700 bits per heavy atom. The van der Waals surface area contributed by atoms with Crippen molar-refractivity contribution in [2.75, 3.05) is 0 Å². The van der Waals surface area contributed by atoms with Crippen LogP contribution in [0, 0.1) is 0 Å². The van der Waals surface area contributed by atoms with Gasteiger partial charge in [-0.05, 0) is 59.3 Å². The summed E-state index contributed by atoms with van der Waals surface area (Å²) in [5, 5.41) is 5.69. The number of benzene rings is 6. The van der Waals surface area contributed by atoms with E-state index in [9.17, 15) is 0 Å². The van der Waals surface area contributed by atoms with Crippen LogP contribution in [-0.2, 0) is 12.3 Å². The van der Waals surface area contributed by atoms with Gasteiger partial charge in [-0.25, -0.2) is 0 Å². The standard InChI is InChI=1S/C38H32P2/c1-6-17-31(18-7-1)37-28-16-19-32(29-39(33-20-8-2-9-21-33)34-22-10-3-11-23-34)38(37)30-40(35-24-12-4-13-25-35)36-26-14-5-15-27-36/h1-28H,29-30H2. The molecule has 0 N–H and O–H groups in total. The van der Waals surface area contributed by atoms with Crippen molar-refractivity contribution in [3.8, 4) is 11.1 Å². The first kappa shape index (κ1) is 26.4. The summed E-state index contributed by atoms with van der Waals surface area (Å²) in [4.78, 5) is 0. The fourth-order valence-electron chi connectivity index (χ4n) is 5.28.